The van der Waals surface area contributed by atoms with E-state index < -0.39 is 0 Å². The minimum absolute atomic E-state index is 0.0232. The molecular weight excluding hydrogens is 364 g/mol. The highest BCUT2D eigenvalue weighted by molar-refractivity contribution is 5.94. The van der Waals surface area contributed by atoms with Crippen LogP contribution in [0.1, 0.15) is 46.3 Å². The van der Waals surface area contributed by atoms with Crippen LogP contribution < -0.4 is 10.1 Å². The molecule has 0 bridgehead atoms. The van der Waals surface area contributed by atoms with Crippen molar-refractivity contribution >= 4 is 11.8 Å². The SMILES string of the molecule is Cc1cccc(C(=O)N2CCOc3ccc(CCC(=O)NCC4CC4)cc3C2)c1. The molecule has 152 valence electrons. The van der Waals surface area contributed by atoms with Gasteiger partial charge < -0.3 is 15.0 Å². The Bertz CT molecular complexity index is 905. The maximum atomic E-state index is 13.0. The lowest BCUT2D eigenvalue weighted by Gasteiger charge is -2.20. The van der Waals surface area contributed by atoms with Gasteiger partial charge in [0.25, 0.3) is 5.91 Å². The molecule has 1 saturated carbocycles. The first kappa shape index (κ1) is 19.5. The lowest BCUT2D eigenvalue weighted by Crippen LogP contribution is -2.32. The number of nitrogens with zero attached hydrogens (tertiary/aromatic N) is 1. The Morgan fingerprint density at radius 3 is 2.83 bits per heavy atom. The van der Waals surface area contributed by atoms with Gasteiger partial charge in [-0.2, -0.15) is 0 Å². The van der Waals surface area contributed by atoms with Crippen molar-refractivity contribution < 1.29 is 14.3 Å². The molecule has 2 amide bonds. The molecule has 5 heteroatoms. The first-order chi connectivity index (χ1) is 14.1. The molecule has 0 unspecified atom stereocenters. The molecule has 1 N–H and O–H groups in total. The minimum Gasteiger partial charge on any atom is -0.491 e. The summed E-state index contributed by atoms with van der Waals surface area (Å²) >= 11 is 0. The number of carbonyl (C=O) groups is 2. The first-order valence-corrected chi connectivity index (χ1v) is 10.5. The van der Waals surface area contributed by atoms with Crippen molar-refractivity contribution in [2.45, 2.75) is 39.2 Å². The van der Waals surface area contributed by atoms with Crippen LogP contribution in [0.2, 0.25) is 0 Å². The number of nitrogens with one attached hydrogen (secondary N) is 1. The number of carbonyl (C=O) groups excluding carboxylic acids is 2. The van der Waals surface area contributed by atoms with Crippen molar-refractivity contribution in [3.05, 3.63) is 64.7 Å². The normalized spacial score (nSPS) is 15.8. The highest BCUT2D eigenvalue weighted by Gasteiger charge is 2.22. The van der Waals surface area contributed by atoms with Gasteiger partial charge in [0.15, 0.2) is 0 Å². The van der Waals surface area contributed by atoms with Crippen molar-refractivity contribution in [3.8, 4) is 5.75 Å². The summed E-state index contributed by atoms with van der Waals surface area (Å²) in [5.74, 6) is 1.65. The Morgan fingerprint density at radius 1 is 1.17 bits per heavy atom. The zero-order valence-corrected chi connectivity index (χ0v) is 16.9. The molecule has 2 aromatic carbocycles. The molecule has 2 aliphatic rings. The van der Waals surface area contributed by atoms with Gasteiger partial charge in [-0.3, -0.25) is 9.59 Å². The maximum absolute atomic E-state index is 13.0. The molecule has 0 aromatic heterocycles. The molecule has 29 heavy (non-hydrogen) atoms. The largest absolute Gasteiger partial charge is 0.491 e. The van der Waals surface area contributed by atoms with E-state index in [0.29, 0.717) is 44.0 Å². The van der Waals surface area contributed by atoms with Crippen LogP contribution in [0.4, 0.5) is 0 Å². The third kappa shape index (κ3) is 5.17. The van der Waals surface area contributed by atoms with E-state index >= 15 is 0 Å². The van der Waals surface area contributed by atoms with Crippen molar-refractivity contribution in [3.63, 3.8) is 0 Å². The summed E-state index contributed by atoms with van der Waals surface area (Å²) in [5, 5.41) is 3.02. The van der Waals surface area contributed by atoms with Gasteiger partial charge in [-0.1, -0.05) is 29.8 Å². The summed E-state index contributed by atoms with van der Waals surface area (Å²) in [6, 6.07) is 13.7. The van der Waals surface area contributed by atoms with Crippen molar-refractivity contribution in [2.75, 3.05) is 19.7 Å². The lowest BCUT2D eigenvalue weighted by molar-refractivity contribution is -0.121. The van der Waals surface area contributed by atoms with Crippen LogP contribution in [0, 0.1) is 12.8 Å². The van der Waals surface area contributed by atoms with Crippen molar-refractivity contribution in [2.24, 2.45) is 5.92 Å². The molecule has 2 aromatic rings. The number of fused-ring (bicyclic) bond motifs is 1. The van der Waals surface area contributed by atoms with Crippen LogP contribution in [0.3, 0.4) is 0 Å². The van der Waals surface area contributed by atoms with E-state index in [1.807, 2.05) is 48.2 Å². The average molecular weight is 392 g/mol. The molecule has 4 rings (SSSR count). The number of benzene rings is 2. The lowest BCUT2D eigenvalue weighted by atomic mass is 10.0. The molecule has 0 saturated heterocycles. The highest BCUT2D eigenvalue weighted by atomic mass is 16.5. The number of rotatable bonds is 6. The Kier molecular flexibility index (Phi) is 5.84. The van der Waals surface area contributed by atoms with E-state index in [1.54, 1.807) is 0 Å². The quantitative estimate of drug-likeness (QED) is 0.819. The first-order valence-electron chi connectivity index (χ1n) is 10.5. The minimum atomic E-state index is 0.0232. The highest BCUT2D eigenvalue weighted by Crippen LogP contribution is 2.28. The van der Waals surface area contributed by atoms with E-state index in [4.69, 9.17) is 4.74 Å². The number of aryl methyl sites for hydroxylation is 2. The van der Waals surface area contributed by atoms with Crippen molar-refractivity contribution in [1.82, 2.24) is 10.2 Å². The van der Waals surface area contributed by atoms with Crippen LogP contribution in [0.5, 0.6) is 5.75 Å². The predicted octanol–water partition coefficient (Wildman–Crippen LogP) is 3.49. The Balaban J connectivity index is 1.41. The molecule has 1 heterocycles. The summed E-state index contributed by atoms with van der Waals surface area (Å²) < 4.78 is 5.87. The Hall–Kier alpha value is -2.82. The van der Waals surface area contributed by atoms with E-state index in [1.165, 1.54) is 12.8 Å². The van der Waals surface area contributed by atoms with Crippen LogP contribution in [-0.2, 0) is 17.8 Å². The fourth-order valence-corrected chi connectivity index (χ4v) is 3.66. The van der Waals surface area contributed by atoms with E-state index in [2.05, 4.69) is 11.4 Å². The van der Waals surface area contributed by atoms with Crippen LogP contribution >= 0.6 is 0 Å². The Morgan fingerprint density at radius 2 is 2.03 bits per heavy atom. The summed E-state index contributed by atoms with van der Waals surface area (Å²) in [5.41, 5.74) is 3.87. The van der Waals surface area contributed by atoms with E-state index in [9.17, 15) is 9.59 Å². The van der Waals surface area contributed by atoms with E-state index in [0.717, 1.165) is 29.0 Å². The molecule has 5 nitrogen and oxygen atoms in total. The zero-order valence-electron chi connectivity index (χ0n) is 16.9. The zero-order chi connectivity index (χ0) is 20.2. The van der Waals surface area contributed by atoms with Crippen LogP contribution in [-0.4, -0.2) is 36.4 Å². The summed E-state index contributed by atoms with van der Waals surface area (Å²) in [6.45, 7) is 4.36. The number of hydrogen-bond acceptors (Lipinski definition) is 3. The average Bonchev–Trinajstić information content (AvgIpc) is 3.56. The van der Waals surface area contributed by atoms with Gasteiger partial charge in [0.05, 0.1) is 6.54 Å². The summed E-state index contributed by atoms with van der Waals surface area (Å²) in [7, 11) is 0. The molecule has 0 atom stereocenters. The van der Waals surface area contributed by atoms with Crippen molar-refractivity contribution in [1.29, 1.82) is 0 Å². The second-order valence-corrected chi connectivity index (χ2v) is 8.13. The van der Waals surface area contributed by atoms with E-state index in [-0.39, 0.29) is 11.8 Å². The van der Waals surface area contributed by atoms with Gasteiger partial charge in [-0.15, -0.1) is 0 Å². The molecule has 1 fully saturated rings. The van der Waals surface area contributed by atoms with Gasteiger partial charge in [0.1, 0.15) is 12.4 Å². The van der Waals surface area contributed by atoms with Gasteiger partial charge >= 0.3 is 0 Å². The standard InChI is InChI=1S/C24H28N2O3/c1-17-3-2-4-20(13-17)24(28)26-11-12-29-22-9-7-18(14-21(22)16-26)8-10-23(27)25-15-19-5-6-19/h2-4,7,9,13-14,19H,5-6,8,10-12,15-16H2,1H3,(H,25,27). The smallest absolute Gasteiger partial charge is 0.254 e. The topological polar surface area (TPSA) is 58.6 Å². The number of hydrogen-bond donors (Lipinski definition) is 1. The predicted molar refractivity (Wildman–Crippen MR) is 112 cm³/mol. The third-order valence-corrected chi connectivity index (χ3v) is 5.58. The van der Waals surface area contributed by atoms with Crippen LogP contribution in [0.15, 0.2) is 42.5 Å². The second-order valence-electron chi connectivity index (χ2n) is 8.13. The van der Waals surface area contributed by atoms with Gasteiger partial charge in [0.2, 0.25) is 5.91 Å². The van der Waals surface area contributed by atoms with Gasteiger partial charge in [0, 0.05) is 30.6 Å². The van der Waals surface area contributed by atoms with Gasteiger partial charge in [-0.05, 0) is 55.9 Å². The third-order valence-electron chi connectivity index (χ3n) is 5.58. The molecule has 1 aliphatic carbocycles. The fourth-order valence-electron chi connectivity index (χ4n) is 3.66. The summed E-state index contributed by atoms with van der Waals surface area (Å²) in [4.78, 5) is 26.8. The Labute approximate surface area is 172 Å². The molecule has 0 radical (unpaired) electrons. The molecular formula is C24H28N2O3. The molecule has 0 spiro atoms. The maximum Gasteiger partial charge on any atom is 0.254 e. The summed E-state index contributed by atoms with van der Waals surface area (Å²) in [6.07, 6.45) is 3.65. The number of ether oxygens (including phenoxy) is 1. The monoisotopic (exact) mass is 392 g/mol. The van der Waals surface area contributed by atoms with Gasteiger partial charge in [-0.25, -0.2) is 0 Å². The molecule has 1 aliphatic heterocycles. The van der Waals surface area contributed by atoms with Crippen LogP contribution in [0.25, 0.3) is 0 Å². The second kappa shape index (κ2) is 8.68. The fraction of sp³-hybridized carbons (Fsp3) is 0.417. The number of amides is 2.